The largest absolute Gasteiger partial charge is 0.416 e. The molecule has 4 heteroatoms. The van der Waals surface area contributed by atoms with Crippen LogP contribution in [0.25, 0.3) is 0 Å². The number of aliphatic hydroxyl groups is 1. The standard InChI is InChI=1S/C13H15F3O/c1-8-7-9(13(14,15)16)5-6-10(8)11-3-2-4-12(11)17/h5-7,11-12,17H,2-4H2,1H3. The van der Waals surface area contributed by atoms with Gasteiger partial charge in [-0.25, -0.2) is 0 Å². The topological polar surface area (TPSA) is 20.2 Å². The van der Waals surface area contributed by atoms with Crippen LogP contribution >= 0.6 is 0 Å². The first-order valence-electron chi connectivity index (χ1n) is 5.75. The molecule has 2 rings (SSSR count). The predicted molar refractivity (Wildman–Crippen MR) is 58.8 cm³/mol. The number of hydrogen-bond donors (Lipinski definition) is 1. The van der Waals surface area contributed by atoms with E-state index in [-0.39, 0.29) is 5.92 Å². The number of benzene rings is 1. The summed E-state index contributed by atoms with van der Waals surface area (Å²) in [5.74, 6) is -0.00252. The summed E-state index contributed by atoms with van der Waals surface area (Å²) < 4.78 is 37.5. The summed E-state index contributed by atoms with van der Waals surface area (Å²) in [5.41, 5.74) is 0.847. The third-order valence-corrected chi connectivity index (χ3v) is 3.48. The lowest BCUT2D eigenvalue weighted by Crippen LogP contribution is -2.13. The number of halogens is 3. The van der Waals surface area contributed by atoms with Crippen LogP contribution in [-0.2, 0) is 6.18 Å². The highest BCUT2D eigenvalue weighted by Gasteiger charge is 2.32. The highest BCUT2D eigenvalue weighted by molar-refractivity contribution is 5.36. The van der Waals surface area contributed by atoms with Gasteiger partial charge in [-0.2, -0.15) is 13.2 Å². The Morgan fingerprint density at radius 1 is 1.24 bits per heavy atom. The maximum absolute atomic E-state index is 12.5. The number of alkyl halides is 3. The normalized spacial score (nSPS) is 25.2. The molecule has 2 atom stereocenters. The average Bonchev–Trinajstić information content (AvgIpc) is 2.63. The smallest absolute Gasteiger partial charge is 0.392 e. The first kappa shape index (κ1) is 12.4. The number of rotatable bonds is 1. The van der Waals surface area contributed by atoms with Gasteiger partial charge in [0, 0.05) is 5.92 Å². The summed E-state index contributed by atoms with van der Waals surface area (Å²) in [7, 11) is 0. The fourth-order valence-electron chi connectivity index (χ4n) is 2.57. The zero-order valence-corrected chi connectivity index (χ0v) is 9.59. The minimum atomic E-state index is -4.29. The lowest BCUT2D eigenvalue weighted by atomic mass is 9.91. The second kappa shape index (κ2) is 4.33. The van der Waals surface area contributed by atoms with Gasteiger partial charge in [-0.1, -0.05) is 12.5 Å². The molecule has 0 amide bonds. The van der Waals surface area contributed by atoms with Crippen molar-refractivity contribution in [3.63, 3.8) is 0 Å². The van der Waals surface area contributed by atoms with E-state index in [0.717, 1.165) is 30.9 Å². The molecule has 0 spiro atoms. The molecule has 0 aliphatic heterocycles. The molecule has 0 heterocycles. The Morgan fingerprint density at radius 2 is 1.94 bits per heavy atom. The molecule has 0 saturated heterocycles. The van der Waals surface area contributed by atoms with E-state index in [4.69, 9.17) is 0 Å². The van der Waals surface area contributed by atoms with E-state index in [2.05, 4.69) is 0 Å². The third kappa shape index (κ3) is 2.46. The van der Waals surface area contributed by atoms with E-state index >= 15 is 0 Å². The van der Waals surface area contributed by atoms with Crippen LogP contribution in [-0.4, -0.2) is 11.2 Å². The van der Waals surface area contributed by atoms with Crippen molar-refractivity contribution in [2.24, 2.45) is 0 Å². The van der Waals surface area contributed by atoms with Crippen molar-refractivity contribution in [1.82, 2.24) is 0 Å². The van der Waals surface area contributed by atoms with Crippen molar-refractivity contribution in [2.75, 3.05) is 0 Å². The molecule has 94 valence electrons. The van der Waals surface area contributed by atoms with Gasteiger partial charge in [0.05, 0.1) is 11.7 Å². The summed E-state index contributed by atoms with van der Waals surface area (Å²) in [6.07, 6.45) is -2.17. The molecule has 17 heavy (non-hydrogen) atoms. The molecule has 1 aliphatic carbocycles. The second-order valence-corrected chi connectivity index (χ2v) is 4.67. The maximum Gasteiger partial charge on any atom is 0.416 e. The van der Waals surface area contributed by atoms with E-state index < -0.39 is 17.8 Å². The van der Waals surface area contributed by atoms with Gasteiger partial charge < -0.3 is 5.11 Å². The number of aliphatic hydroxyl groups excluding tert-OH is 1. The van der Waals surface area contributed by atoms with Crippen molar-refractivity contribution >= 4 is 0 Å². The van der Waals surface area contributed by atoms with E-state index in [1.54, 1.807) is 6.92 Å². The highest BCUT2D eigenvalue weighted by atomic mass is 19.4. The lowest BCUT2D eigenvalue weighted by Gasteiger charge is -2.18. The van der Waals surface area contributed by atoms with Crippen molar-refractivity contribution in [3.05, 3.63) is 34.9 Å². The van der Waals surface area contributed by atoms with Gasteiger partial charge in [-0.15, -0.1) is 0 Å². The molecule has 1 aliphatic rings. The number of hydrogen-bond acceptors (Lipinski definition) is 1. The van der Waals surface area contributed by atoms with E-state index in [9.17, 15) is 18.3 Å². The summed E-state index contributed by atoms with van der Waals surface area (Å²) in [6.45, 7) is 1.68. The van der Waals surface area contributed by atoms with E-state index in [1.165, 1.54) is 12.1 Å². The number of aryl methyl sites for hydroxylation is 1. The molecule has 1 aromatic carbocycles. The molecular weight excluding hydrogens is 229 g/mol. The first-order chi connectivity index (χ1) is 7.89. The Balaban J connectivity index is 2.32. The molecule has 0 bridgehead atoms. The molecule has 2 unspecified atom stereocenters. The SMILES string of the molecule is Cc1cc(C(F)(F)F)ccc1C1CCCC1O. The molecule has 0 radical (unpaired) electrons. The molecule has 1 nitrogen and oxygen atoms in total. The predicted octanol–water partition coefficient (Wildman–Crippen LogP) is 3.64. The van der Waals surface area contributed by atoms with Crippen LogP contribution in [0.5, 0.6) is 0 Å². The zero-order valence-electron chi connectivity index (χ0n) is 9.59. The van der Waals surface area contributed by atoms with Gasteiger partial charge in [0.25, 0.3) is 0 Å². The van der Waals surface area contributed by atoms with Crippen LogP contribution in [0.2, 0.25) is 0 Å². The van der Waals surface area contributed by atoms with Gasteiger partial charge in [-0.05, 0) is 43.0 Å². The van der Waals surface area contributed by atoms with Crippen molar-refractivity contribution < 1.29 is 18.3 Å². The molecule has 1 aromatic rings. The molecular formula is C13H15F3O. The van der Waals surface area contributed by atoms with Crippen molar-refractivity contribution in [3.8, 4) is 0 Å². The first-order valence-corrected chi connectivity index (χ1v) is 5.75. The minimum Gasteiger partial charge on any atom is -0.392 e. The Bertz CT molecular complexity index is 412. The molecule has 1 N–H and O–H groups in total. The summed E-state index contributed by atoms with van der Waals surface area (Å²) in [6, 6.07) is 3.78. The second-order valence-electron chi connectivity index (χ2n) is 4.67. The van der Waals surface area contributed by atoms with Crippen LogP contribution in [0.1, 0.15) is 41.9 Å². The highest BCUT2D eigenvalue weighted by Crippen LogP contribution is 2.38. The van der Waals surface area contributed by atoms with Gasteiger partial charge in [0.2, 0.25) is 0 Å². The summed E-state index contributed by atoms with van der Waals surface area (Å²) >= 11 is 0. The van der Waals surface area contributed by atoms with Gasteiger partial charge in [0.15, 0.2) is 0 Å². The summed E-state index contributed by atoms with van der Waals surface area (Å²) in [5, 5.41) is 9.77. The Kier molecular flexibility index (Phi) is 3.17. The van der Waals surface area contributed by atoms with Gasteiger partial charge in [0.1, 0.15) is 0 Å². The Hall–Kier alpha value is -1.03. The van der Waals surface area contributed by atoms with E-state index in [0.29, 0.717) is 5.56 Å². The Labute approximate surface area is 98.3 Å². The zero-order chi connectivity index (χ0) is 12.6. The van der Waals surface area contributed by atoms with Crippen LogP contribution < -0.4 is 0 Å². The van der Waals surface area contributed by atoms with Crippen LogP contribution in [0.4, 0.5) is 13.2 Å². The van der Waals surface area contributed by atoms with Crippen molar-refractivity contribution in [1.29, 1.82) is 0 Å². The van der Waals surface area contributed by atoms with Gasteiger partial charge in [-0.3, -0.25) is 0 Å². The van der Waals surface area contributed by atoms with E-state index in [1.807, 2.05) is 0 Å². The fourth-order valence-corrected chi connectivity index (χ4v) is 2.57. The fraction of sp³-hybridized carbons (Fsp3) is 0.538. The lowest BCUT2D eigenvalue weighted by molar-refractivity contribution is -0.137. The minimum absolute atomic E-state index is 0.00252. The Morgan fingerprint density at radius 3 is 2.41 bits per heavy atom. The maximum atomic E-state index is 12.5. The van der Waals surface area contributed by atoms with Crippen LogP contribution in [0.15, 0.2) is 18.2 Å². The summed E-state index contributed by atoms with van der Waals surface area (Å²) in [4.78, 5) is 0. The van der Waals surface area contributed by atoms with Crippen LogP contribution in [0.3, 0.4) is 0 Å². The molecule has 1 fully saturated rings. The third-order valence-electron chi connectivity index (χ3n) is 3.48. The monoisotopic (exact) mass is 244 g/mol. The molecule has 0 aromatic heterocycles. The quantitative estimate of drug-likeness (QED) is 0.799. The average molecular weight is 244 g/mol. The van der Waals surface area contributed by atoms with Gasteiger partial charge >= 0.3 is 6.18 Å². The van der Waals surface area contributed by atoms with Crippen LogP contribution in [0, 0.1) is 6.92 Å². The van der Waals surface area contributed by atoms with Crippen molar-refractivity contribution in [2.45, 2.75) is 44.4 Å². The molecule has 1 saturated carbocycles.